The van der Waals surface area contributed by atoms with Crippen molar-refractivity contribution in [2.45, 2.75) is 40.2 Å². The van der Waals surface area contributed by atoms with Gasteiger partial charge in [-0.05, 0) is 38.3 Å². The first-order valence-corrected chi connectivity index (χ1v) is 7.16. The Bertz CT molecular complexity index is 483. The highest BCUT2D eigenvalue weighted by atomic mass is 16.4. The van der Waals surface area contributed by atoms with Gasteiger partial charge >= 0.3 is 12.0 Å². The summed E-state index contributed by atoms with van der Waals surface area (Å²) >= 11 is 0. The molecule has 5 nitrogen and oxygen atoms in total. The van der Waals surface area contributed by atoms with E-state index >= 15 is 0 Å². The van der Waals surface area contributed by atoms with Gasteiger partial charge in [0.15, 0.2) is 0 Å². The van der Waals surface area contributed by atoms with Crippen molar-refractivity contribution < 1.29 is 14.7 Å². The molecule has 0 saturated carbocycles. The standard InChI is InChI=1S/C16H24N2O3/c1-11(2)9-13(4)17-16(21)18(10-15(19)20)14-7-5-12(3)6-8-14/h5-8,11,13H,9-10H2,1-4H3,(H,17,21)(H,19,20). The number of carboxylic acids is 1. The Hall–Kier alpha value is -2.04. The molecule has 21 heavy (non-hydrogen) atoms. The number of carbonyl (C=O) groups is 2. The van der Waals surface area contributed by atoms with E-state index in [9.17, 15) is 9.59 Å². The average molecular weight is 292 g/mol. The molecule has 0 fully saturated rings. The minimum atomic E-state index is -1.04. The summed E-state index contributed by atoms with van der Waals surface area (Å²) in [5.74, 6) is -0.574. The van der Waals surface area contributed by atoms with Gasteiger partial charge in [-0.1, -0.05) is 31.5 Å². The van der Waals surface area contributed by atoms with Crippen molar-refractivity contribution in [2.75, 3.05) is 11.4 Å². The lowest BCUT2D eigenvalue weighted by Crippen LogP contribution is -2.46. The van der Waals surface area contributed by atoms with Crippen LogP contribution in [0, 0.1) is 12.8 Å². The van der Waals surface area contributed by atoms with E-state index in [1.807, 2.05) is 26.0 Å². The van der Waals surface area contributed by atoms with Crippen LogP contribution in [0.4, 0.5) is 10.5 Å². The van der Waals surface area contributed by atoms with Gasteiger partial charge in [0, 0.05) is 11.7 Å². The second-order valence-corrected chi connectivity index (χ2v) is 5.80. The monoisotopic (exact) mass is 292 g/mol. The highest BCUT2D eigenvalue weighted by Gasteiger charge is 2.20. The number of rotatable bonds is 6. The lowest BCUT2D eigenvalue weighted by Gasteiger charge is -2.24. The molecular weight excluding hydrogens is 268 g/mol. The van der Waals surface area contributed by atoms with E-state index in [-0.39, 0.29) is 18.6 Å². The first-order chi connectivity index (χ1) is 9.79. The molecule has 0 radical (unpaired) electrons. The van der Waals surface area contributed by atoms with Gasteiger partial charge < -0.3 is 10.4 Å². The Labute approximate surface area is 126 Å². The molecule has 116 valence electrons. The van der Waals surface area contributed by atoms with E-state index in [2.05, 4.69) is 19.2 Å². The summed E-state index contributed by atoms with van der Waals surface area (Å²) in [5, 5.41) is 11.9. The van der Waals surface area contributed by atoms with Crippen LogP contribution in [0.3, 0.4) is 0 Å². The van der Waals surface area contributed by atoms with Crippen molar-refractivity contribution in [3.63, 3.8) is 0 Å². The summed E-state index contributed by atoms with van der Waals surface area (Å²) in [5.41, 5.74) is 1.64. The molecule has 1 aromatic carbocycles. The lowest BCUT2D eigenvalue weighted by molar-refractivity contribution is -0.135. The van der Waals surface area contributed by atoms with Gasteiger partial charge in [0.2, 0.25) is 0 Å². The smallest absolute Gasteiger partial charge is 0.323 e. The lowest BCUT2D eigenvalue weighted by atomic mass is 10.1. The van der Waals surface area contributed by atoms with Crippen LogP contribution in [-0.4, -0.2) is 29.7 Å². The van der Waals surface area contributed by atoms with Gasteiger partial charge in [-0.15, -0.1) is 0 Å². The van der Waals surface area contributed by atoms with Gasteiger partial charge in [0.1, 0.15) is 6.54 Å². The van der Waals surface area contributed by atoms with Gasteiger partial charge in [-0.25, -0.2) is 4.79 Å². The Morgan fingerprint density at radius 2 is 1.76 bits per heavy atom. The second kappa shape index (κ2) is 7.67. The molecule has 0 spiro atoms. The number of carboxylic acid groups (broad SMARTS) is 1. The van der Waals surface area contributed by atoms with Crippen LogP contribution in [0.25, 0.3) is 0 Å². The van der Waals surface area contributed by atoms with Crippen molar-refractivity contribution in [1.82, 2.24) is 5.32 Å². The SMILES string of the molecule is Cc1ccc(N(CC(=O)O)C(=O)NC(C)CC(C)C)cc1. The molecular formula is C16H24N2O3. The number of nitrogens with one attached hydrogen (secondary N) is 1. The molecule has 0 aliphatic rings. The Morgan fingerprint density at radius 3 is 2.24 bits per heavy atom. The zero-order valence-electron chi connectivity index (χ0n) is 13.1. The summed E-state index contributed by atoms with van der Waals surface area (Å²) < 4.78 is 0. The number of nitrogens with zero attached hydrogens (tertiary/aromatic N) is 1. The fourth-order valence-corrected chi connectivity index (χ4v) is 2.20. The number of aliphatic carboxylic acids is 1. The maximum atomic E-state index is 12.3. The summed E-state index contributed by atoms with van der Waals surface area (Å²) in [4.78, 5) is 24.6. The molecule has 0 heterocycles. The number of hydrogen-bond donors (Lipinski definition) is 2. The van der Waals surface area contributed by atoms with Gasteiger partial charge in [0.05, 0.1) is 0 Å². The highest BCUT2D eigenvalue weighted by Crippen LogP contribution is 2.15. The van der Waals surface area contributed by atoms with E-state index < -0.39 is 5.97 Å². The topological polar surface area (TPSA) is 69.6 Å². The number of anilines is 1. The molecule has 0 saturated heterocycles. The summed E-state index contributed by atoms with van der Waals surface area (Å²) in [6.45, 7) is 7.67. The van der Waals surface area contributed by atoms with Crippen molar-refractivity contribution in [3.05, 3.63) is 29.8 Å². The Kier molecular flexibility index (Phi) is 6.21. The number of urea groups is 1. The van der Waals surface area contributed by atoms with Crippen LogP contribution >= 0.6 is 0 Å². The maximum absolute atomic E-state index is 12.3. The Morgan fingerprint density at radius 1 is 1.19 bits per heavy atom. The zero-order valence-corrected chi connectivity index (χ0v) is 13.1. The molecule has 0 aliphatic heterocycles. The molecule has 1 rings (SSSR count). The molecule has 0 aromatic heterocycles. The molecule has 2 N–H and O–H groups in total. The third-order valence-electron chi connectivity index (χ3n) is 3.08. The largest absolute Gasteiger partial charge is 0.480 e. The third-order valence-corrected chi connectivity index (χ3v) is 3.08. The predicted octanol–water partition coefficient (Wildman–Crippen LogP) is 3.03. The summed E-state index contributed by atoms with van der Waals surface area (Å²) in [6, 6.07) is 6.84. The molecule has 5 heteroatoms. The molecule has 0 aliphatic carbocycles. The number of aryl methyl sites for hydroxylation is 1. The summed E-state index contributed by atoms with van der Waals surface area (Å²) in [6.07, 6.45) is 0.848. The van der Waals surface area contributed by atoms with Crippen LogP contribution in [0.2, 0.25) is 0 Å². The quantitative estimate of drug-likeness (QED) is 0.846. The number of carbonyl (C=O) groups excluding carboxylic acids is 1. The van der Waals surface area contributed by atoms with Crippen LogP contribution < -0.4 is 10.2 Å². The molecule has 0 bridgehead atoms. The second-order valence-electron chi connectivity index (χ2n) is 5.80. The normalized spacial score (nSPS) is 12.0. The predicted molar refractivity (Wildman–Crippen MR) is 83.6 cm³/mol. The molecule has 1 unspecified atom stereocenters. The maximum Gasteiger partial charge on any atom is 0.323 e. The van der Waals surface area contributed by atoms with Crippen LogP contribution in [0.5, 0.6) is 0 Å². The number of hydrogen-bond acceptors (Lipinski definition) is 2. The van der Waals surface area contributed by atoms with Crippen LogP contribution in [0.1, 0.15) is 32.8 Å². The van der Waals surface area contributed by atoms with Gasteiger partial charge in [0.25, 0.3) is 0 Å². The third kappa shape index (κ3) is 5.85. The van der Waals surface area contributed by atoms with Crippen LogP contribution in [0.15, 0.2) is 24.3 Å². The fraction of sp³-hybridized carbons (Fsp3) is 0.500. The molecule has 2 amide bonds. The number of amides is 2. The Balaban J connectivity index is 2.84. The van der Waals surface area contributed by atoms with E-state index in [4.69, 9.17) is 5.11 Å². The summed E-state index contributed by atoms with van der Waals surface area (Å²) in [7, 11) is 0. The van der Waals surface area contributed by atoms with E-state index in [1.165, 1.54) is 4.90 Å². The van der Waals surface area contributed by atoms with Crippen molar-refractivity contribution >= 4 is 17.7 Å². The van der Waals surface area contributed by atoms with Crippen molar-refractivity contribution in [2.24, 2.45) is 5.92 Å². The number of benzene rings is 1. The molecule has 1 aromatic rings. The van der Waals surface area contributed by atoms with E-state index in [0.29, 0.717) is 11.6 Å². The van der Waals surface area contributed by atoms with Gasteiger partial charge in [-0.3, -0.25) is 9.69 Å². The minimum absolute atomic E-state index is 0.000701. The van der Waals surface area contributed by atoms with Crippen molar-refractivity contribution in [1.29, 1.82) is 0 Å². The van der Waals surface area contributed by atoms with E-state index in [1.54, 1.807) is 12.1 Å². The molecule has 1 atom stereocenters. The zero-order chi connectivity index (χ0) is 16.0. The van der Waals surface area contributed by atoms with Gasteiger partial charge in [-0.2, -0.15) is 0 Å². The van der Waals surface area contributed by atoms with E-state index in [0.717, 1.165) is 12.0 Å². The van der Waals surface area contributed by atoms with Crippen molar-refractivity contribution in [3.8, 4) is 0 Å². The first-order valence-electron chi connectivity index (χ1n) is 7.16. The fourth-order valence-electron chi connectivity index (χ4n) is 2.20. The first kappa shape index (κ1) is 17.0. The van der Waals surface area contributed by atoms with Crippen LogP contribution in [-0.2, 0) is 4.79 Å². The average Bonchev–Trinajstić information content (AvgIpc) is 2.35. The highest BCUT2D eigenvalue weighted by molar-refractivity contribution is 5.96. The minimum Gasteiger partial charge on any atom is -0.480 e.